The number of pyridine rings is 1. The van der Waals surface area contributed by atoms with Gasteiger partial charge in [-0.05, 0) is 43.2 Å². The second kappa shape index (κ2) is 8.58. The molecular formula is C23H23N5O3S. The molecule has 5 rings (SSSR count). The van der Waals surface area contributed by atoms with Gasteiger partial charge in [0.2, 0.25) is 5.91 Å². The number of methoxy groups -OCH3 is 2. The molecule has 9 heteroatoms. The Morgan fingerprint density at radius 1 is 1.16 bits per heavy atom. The standard InChI is InChI=1S/C23H23N5O3S/c1-30-18-9-8-15(12-19(18)31-2)23-24-16(14-32-23)13-21(29)27-11-5-6-17(27)22-26-25-20-7-3-4-10-28(20)22/h3-4,7-10,12,14,17H,5-6,11,13H2,1-2H3/t17-/m0/s1. The van der Waals surface area contributed by atoms with E-state index in [-0.39, 0.29) is 18.4 Å². The van der Waals surface area contributed by atoms with E-state index in [0.717, 1.165) is 47.1 Å². The number of rotatable bonds is 6. The number of carbonyl (C=O) groups excluding carboxylic acids is 1. The fraction of sp³-hybridized carbons (Fsp3) is 0.304. The first-order chi connectivity index (χ1) is 15.7. The Balaban J connectivity index is 1.34. The fourth-order valence-electron chi connectivity index (χ4n) is 4.17. The molecular weight excluding hydrogens is 426 g/mol. The SMILES string of the molecule is COc1ccc(-c2nc(CC(=O)N3CCC[C@H]3c3nnc4ccccn34)cs2)cc1OC. The Bertz CT molecular complexity index is 1270. The van der Waals surface area contributed by atoms with Crippen LogP contribution in [0.2, 0.25) is 0 Å². The molecule has 164 valence electrons. The highest BCUT2D eigenvalue weighted by Gasteiger charge is 2.33. The van der Waals surface area contributed by atoms with Crippen LogP contribution in [0, 0.1) is 0 Å². The number of likely N-dealkylation sites (tertiary alicyclic amines) is 1. The van der Waals surface area contributed by atoms with E-state index in [4.69, 9.17) is 14.5 Å². The molecule has 1 saturated heterocycles. The summed E-state index contributed by atoms with van der Waals surface area (Å²) >= 11 is 1.52. The zero-order chi connectivity index (χ0) is 22.1. The number of benzene rings is 1. The summed E-state index contributed by atoms with van der Waals surface area (Å²) in [6, 6.07) is 11.4. The van der Waals surface area contributed by atoms with E-state index in [0.29, 0.717) is 11.5 Å². The summed E-state index contributed by atoms with van der Waals surface area (Å²) in [7, 11) is 3.22. The summed E-state index contributed by atoms with van der Waals surface area (Å²) in [6.07, 6.45) is 4.04. The topological polar surface area (TPSA) is 81.9 Å². The Morgan fingerprint density at radius 3 is 2.88 bits per heavy atom. The Labute approximate surface area is 189 Å². The molecule has 0 saturated carbocycles. The number of fused-ring (bicyclic) bond motifs is 1. The molecule has 1 atom stereocenters. The molecule has 4 aromatic rings. The molecule has 1 aromatic carbocycles. The van der Waals surface area contributed by atoms with Crippen LogP contribution in [0.3, 0.4) is 0 Å². The van der Waals surface area contributed by atoms with E-state index >= 15 is 0 Å². The van der Waals surface area contributed by atoms with E-state index in [1.807, 2.05) is 57.3 Å². The number of hydrogen-bond donors (Lipinski definition) is 0. The summed E-state index contributed by atoms with van der Waals surface area (Å²) in [6.45, 7) is 0.720. The van der Waals surface area contributed by atoms with Crippen LogP contribution in [-0.4, -0.2) is 51.2 Å². The first kappa shape index (κ1) is 20.4. The number of amides is 1. The number of carbonyl (C=O) groups is 1. The van der Waals surface area contributed by atoms with E-state index in [1.165, 1.54) is 11.3 Å². The van der Waals surface area contributed by atoms with Gasteiger partial charge in [0.05, 0.1) is 32.4 Å². The number of aromatic nitrogens is 4. The molecule has 0 N–H and O–H groups in total. The van der Waals surface area contributed by atoms with Crippen LogP contribution in [0.4, 0.5) is 0 Å². The minimum Gasteiger partial charge on any atom is -0.493 e. The van der Waals surface area contributed by atoms with E-state index in [1.54, 1.807) is 14.2 Å². The lowest BCUT2D eigenvalue weighted by Crippen LogP contribution is -2.32. The van der Waals surface area contributed by atoms with Crippen molar-refractivity contribution in [2.24, 2.45) is 0 Å². The second-order valence-corrected chi connectivity index (χ2v) is 8.48. The molecule has 8 nitrogen and oxygen atoms in total. The predicted octanol–water partition coefficient (Wildman–Crippen LogP) is 3.78. The van der Waals surface area contributed by atoms with Gasteiger partial charge in [0, 0.05) is 23.7 Å². The maximum Gasteiger partial charge on any atom is 0.229 e. The van der Waals surface area contributed by atoms with Crippen molar-refractivity contribution in [3.8, 4) is 22.1 Å². The Hall–Kier alpha value is -3.46. The van der Waals surface area contributed by atoms with Gasteiger partial charge in [0.1, 0.15) is 5.01 Å². The van der Waals surface area contributed by atoms with Gasteiger partial charge < -0.3 is 14.4 Å². The summed E-state index contributed by atoms with van der Waals surface area (Å²) in [5.41, 5.74) is 2.49. The predicted molar refractivity (Wildman–Crippen MR) is 121 cm³/mol. The molecule has 0 unspecified atom stereocenters. The van der Waals surface area contributed by atoms with Crippen LogP contribution in [0.1, 0.15) is 30.4 Å². The highest BCUT2D eigenvalue weighted by Crippen LogP contribution is 2.34. The number of hydrogen-bond acceptors (Lipinski definition) is 7. The average molecular weight is 450 g/mol. The molecule has 4 heterocycles. The zero-order valence-corrected chi connectivity index (χ0v) is 18.7. The summed E-state index contributed by atoms with van der Waals surface area (Å²) in [5, 5.41) is 11.4. The molecule has 1 aliphatic rings. The number of nitrogens with zero attached hydrogens (tertiary/aromatic N) is 5. The van der Waals surface area contributed by atoms with Crippen molar-refractivity contribution in [2.45, 2.75) is 25.3 Å². The van der Waals surface area contributed by atoms with Crippen LogP contribution in [0.25, 0.3) is 16.2 Å². The smallest absolute Gasteiger partial charge is 0.229 e. The quantitative estimate of drug-likeness (QED) is 0.446. The molecule has 1 fully saturated rings. The molecule has 3 aromatic heterocycles. The Kier molecular flexibility index (Phi) is 5.48. The minimum atomic E-state index is -0.0659. The van der Waals surface area contributed by atoms with Crippen molar-refractivity contribution in [2.75, 3.05) is 20.8 Å². The largest absolute Gasteiger partial charge is 0.493 e. The highest BCUT2D eigenvalue weighted by atomic mass is 32.1. The average Bonchev–Trinajstić information content (AvgIpc) is 3.57. The third-order valence-electron chi connectivity index (χ3n) is 5.73. The normalized spacial score (nSPS) is 15.9. The summed E-state index contributed by atoms with van der Waals surface area (Å²) < 4.78 is 12.7. The second-order valence-electron chi connectivity index (χ2n) is 7.62. The fourth-order valence-corrected chi connectivity index (χ4v) is 4.98. The maximum atomic E-state index is 13.2. The summed E-state index contributed by atoms with van der Waals surface area (Å²) in [4.78, 5) is 19.8. The van der Waals surface area contributed by atoms with Gasteiger partial charge in [0.15, 0.2) is 23.0 Å². The molecule has 1 aliphatic heterocycles. The van der Waals surface area contributed by atoms with Gasteiger partial charge in [-0.2, -0.15) is 0 Å². The van der Waals surface area contributed by atoms with Crippen molar-refractivity contribution in [1.82, 2.24) is 24.5 Å². The maximum absolute atomic E-state index is 13.2. The highest BCUT2D eigenvalue weighted by molar-refractivity contribution is 7.13. The van der Waals surface area contributed by atoms with Crippen LogP contribution in [0.5, 0.6) is 11.5 Å². The summed E-state index contributed by atoms with van der Waals surface area (Å²) in [5.74, 6) is 2.20. The molecule has 32 heavy (non-hydrogen) atoms. The van der Waals surface area contributed by atoms with Gasteiger partial charge in [-0.3, -0.25) is 9.20 Å². The molecule has 0 spiro atoms. The van der Waals surface area contributed by atoms with Gasteiger partial charge in [-0.25, -0.2) is 4.98 Å². The van der Waals surface area contributed by atoms with Crippen LogP contribution >= 0.6 is 11.3 Å². The van der Waals surface area contributed by atoms with E-state index < -0.39 is 0 Å². The first-order valence-electron chi connectivity index (χ1n) is 10.4. The molecule has 0 radical (unpaired) electrons. The van der Waals surface area contributed by atoms with Crippen molar-refractivity contribution in [1.29, 1.82) is 0 Å². The first-order valence-corrected chi connectivity index (χ1v) is 11.3. The molecule has 0 bridgehead atoms. The lowest BCUT2D eigenvalue weighted by Gasteiger charge is -2.23. The van der Waals surface area contributed by atoms with Crippen LogP contribution in [0.15, 0.2) is 48.0 Å². The number of ether oxygens (including phenoxy) is 2. The van der Waals surface area contributed by atoms with Crippen molar-refractivity contribution >= 4 is 22.9 Å². The molecule has 0 aliphatic carbocycles. The van der Waals surface area contributed by atoms with Gasteiger partial charge in [-0.15, -0.1) is 21.5 Å². The van der Waals surface area contributed by atoms with E-state index in [9.17, 15) is 4.79 Å². The van der Waals surface area contributed by atoms with Crippen LogP contribution in [-0.2, 0) is 11.2 Å². The zero-order valence-electron chi connectivity index (χ0n) is 17.9. The van der Waals surface area contributed by atoms with Gasteiger partial charge >= 0.3 is 0 Å². The lowest BCUT2D eigenvalue weighted by molar-refractivity contribution is -0.131. The monoisotopic (exact) mass is 449 g/mol. The Morgan fingerprint density at radius 2 is 2.03 bits per heavy atom. The van der Waals surface area contributed by atoms with Crippen molar-refractivity contribution in [3.63, 3.8) is 0 Å². The third-order valence-corrected chi connectivity index (χ3v) is 6.67. The lowest BCUT2D eigenvalue weighted by atomic mass is 10.2. The number of thiazole rings is 1. The van der Waals surface area contributed by atoms with E-state index in [2.05, 4.69) is 10.2 Å². The van der Waals surface area contributed by atoms with Gasteiger partial charge in [0.25, 0.3) is 0 Å². The van der Waals surface area contributed by atoms with Crippen LogP contribution < -0.4 is 9.47 Å². The van der Waals surface area contributed by atoms with Gasteiger partial charge in [-0.1, -0.05) is 6.07 Å². The van der Waals surface area contributed by atoms with Crippen molar-refractivity contribution < 1.29 is 14.3 Å². The van der Waals surface area contributed by atoms with Crippen molar-refractivity contribution in [3.05, 3.63) is 59.5 Å². The minimum absolute atomic E-state index is 0.0596. The molecule has 1 amide bonds. The third kappa shape index (κ3) is 3.69.